The molecule has 142 valence electrons. The number of hydrogen-bond donors (Lipinski definition) is 0. The van der Waals surface area contributed by atoms with Crippen LogP contribution in [0.15, 0.2) is 42.5 Å². The van der Waals surface area contributed by atoms with Gasteiger partial charge in [-0.3, -0.25) is 9.59 Å². The molecule has 2 rings (SSSR count). The lowest BCUT2D eigenvalue weighted by molar-refractivity contribution is -0.132. The van der Waals surface area contributed by atoms with Gasteiger partial charge in [-0.25, -0.2) is 0 Å². The number of allylic oxidation sites excluding steroid dienone is 1. The average molecular weight is 370 g/mol. The van der Waals surface area contributed by atoms with E-state index < -0.39 is 11.9 Å². The third-order valence-electron chi connectivity index (χ3n) is 3.67. The lowest BCUT2D eigenvalue weighted by Crippen LogP contribution is -2.05. The van der Waals surface area contributed by atoms with Gasteiger partial charge in [0.05, 0.1) is 14.2 Å². The van der Waals surface area contributed by atoms with Gasteiger partial charge < -0.3 is 18.9 Å². The predicted molar refractivity (Wildman–Crippen MR) is 101 cm³/mol. The Labute approximate surface area is 158 Å². The van der Waals surface area contributed by atoms with E-state index in [9.17, 15) is 9.59 Å². The van der Waals surface area contributed by atoms with Crippen LogP contribution in [0, 0.1) is 0 Å². The van der Waals surface area contributed by atoms with Crippen LogP contribution < -0.4 is 18.9 Å². The van der Waals surface area contributed by atoms with E-state index in [1.54, 1.807) is 32.4 Å². The fourth-order valence-electron chi connectivity index (χ4n) is 2.64. The number of esters is 2. The van der Waals surface area contributed by atoms with Crippen molar-refractivity contribution in [2.24, 2.45) is 0 Å². The van der Waals surface area contributed by atoms with Crippen molar-refractivity contribution in [3.8, 4) is 23.0 Å². The van der Waals surface area contributed by atoms with E-state index in [1.165, 1.54) is 19.9 Å². The molecule has 0 N–H and O–H groups in total. The van der Waals surface area contributed by atoms with Gasteiger partial charge in [-0.1, -0.05) is 6.08 Å². The molecule has 0 aromatic heterocycles. The summed E-state index contributed by atoms with van der Waals surface area (Å²) in [6, 6.07) is 10.4. The number of methoxy groups -OCH3 is 2. The number of carbonyl (C=O) groups excluding carboxylic acids is 2. The number of ether oxygens (including phenoxy) is 4. The van der Waals surface area contributed by atoms with Crippen molar-refractivity contribution in [3.63, 3.8) is 0 Å². The first-order valence-electron chi connectivity index (χ1n) is 8.28. The fourth-order valence-corrected chi connectivity index (χ4v) is 2.64. The maximum absolute atomic E-state index is 11.4. The fraction of sp³-hybridized carbons (Fsp3) is 0.238. The summed E-state index contributed by atoms with van der Waals surface area (Å²) in [7, 11) is 3.15. The van der Waals surface area contributed by atoms with Crippen molar-refractivity contribution in [1.82, 2.24) is 0 Å². The molecule has 0 bridgehead atoms. The molecule has 0 saturated heterocycles. The van der Waals surface area contributed by atoms with Gasteiger partial charge in [-0.05, 0) is 47.9 Å². The molecule has 0 fully saturated rings. The number of rotatable bonds is 6. The van der Waals surface area contributed by atoms with Gasteiger partial charge in [-0.2, -0.15) is 0 Å². The van der Waals surface area contributed by atoms with Crippen LogP contribution in [0.5, 0.6) is 23.0 Å². The molecular weight excluding hydrogens is 348 g/mol. The number of carbonyl (C=O) groups is 2. The highest BCUT2D eigenvalue weighted by atomic mass is 16.5. The summed E-state index contributed by atoms with van der Waals surface area (Å²) >= 11 is 0. The van der Waals surface area contributed by atoms with Gasteiger partial charge in [-0.15, -0.1) is 0 Å². The van der Waals surface area contributed by atoms with Crippen LogP contribution in [-0.2, 0) is 9.59 Å². The molecule has 0 aliphatic rings. The first-order valence-corrected chi connectivity index (χ1v) is 8.28. The minimum Gasteiger partial charge on any atom is -0.497 e. The van der Waals surface area contributed by atoms with Crippen molar-refractivity contribution in [1.29, 1.82) is 0 Å². The minimum absolute atomic E-state index is 0.283. The van der Waals surface area contributed by atoms with E-state index in [0.717, 1.165) is 11.1 Å². The van der Waals surface area contributed by atoms with Crippen LogP contribution in [0.4, 0.5) is 0 Å². The van der Waals surface area contributed by atoms with E-state index >= 15 is 0 Å². The zero-order valence-corrected chi connectivity index (χ0v) is 16.0. The SMILES string of the molecule is CC=C(c1cc(OC)cc(OC)c1)c1cc(OC(C)=O)cc(OC(C)=O)c1. The minimum atomic E-state index is -0.467. The Balaban J connectivity index is 2.58. The maximum atomic E-state index is 11.4. The molecule has 0 aliphatic carbocycles. The van der Waals surface area contributed by atoms with Crippen LogP contribution >= 0.6 is 0 Å². The molecule has 0 atom stereocenters. The van der Waals surface area contributed by atoms with Crippen LogP contribution in [0.2, 0.25) is 0 Å². The van der Waals surface area contributed by atoms with Gasteiger partial charge in [0, 0.05) is 26.0 Å². The van der Waals surface area contributed by atoms with E-state index in [-0.39, 0.29) is 11.5 Å². The standard InChI is InChI=1S/C21H22O6/c1-6-21(15-7-17(24-4)11-18(8-15)25-5)16-9-19(26-13(2)22)12-20(10-16)27-14(3)23/h6-12H,1-5H3. The Morgan fingerprint density at radius 3 is 1.41 bits per heavy atom. The lowest BCUT2D eigenvalue weighted by atomic mass is 9.96. The highest BCUT2D eigenvalue weighted by Gasteiger charge is 2.13. The average Bonchev–Trinajstić information content (AvgIpc) is 2.60. The van der Waals surface area contributed by atoms with E-state index in [4.69, 9.17) is 18.9 Å². The highest BCUT2D eigenvalue weighted by molar-refractivity contribution is 5.83. The van der Waals surface area contributed by atoms with Crippen LogP contribution in [0.25, 0.3) is 5.57 Å². The quantitative estimate of drug-likeness (QED) is 0.565. The monoisotopic (exact) mass is 370 g/mol. The zero-order chi connectivity index (χ0) is 20.0. The van der Waals surface area contributed by atoms with Crippen molar-refractivity contribution in [2.45, 2.75) is 20.8 Å². The molecule has 0 saturated carbocycles. The largest absolute Gasteiger partial charge is 0.497 e. The van der Waals surface area contributed by atoms with Crippen molar-refractivity contribution in [2.75, 3.05) is 14.2 Å². The molecule has 0 heterocycles. The second-order valence-corrected chi connectivity index (χ2v) is 5.68. The summed E-state index contributed by atoms with van der Waals surface area (Å²) in [4.78, 5) is 22.7. The Kier molecular flexibility index (Phi) is 6.60. The molecule has 6 heteroatoms. The van der Waals surface area contributed by atoms with Crippen molar-refractivity contribution >= 4 is 17.5 Å². The highest BCUT2D eigenvalue weighted by Crippen LogP contribution is 2.34. The molecule has 6 nitrogen and oxygen atoms in total. The molecule has 0 spiro atoms. The van der Waals surface area contributed by atoms with Gasteiger partial charge in [0.1, 0.15) is 23.0 Å². The van der Waals surface area contributed by atoms with E-state index in [1.807, 2.05) is 25.1 Å². The molecule has 0 aliphatic heterocycles. The Bertz CT molecular complexity index is 826. The molecule has 0 amide bonds. The van der Waals surface area contributed by atoms with Crippen LogP contribution in [-0.4, -0.2) is 26.2 Å². The third kappa shape index (κ3) is 5.34. The summed E-state index contributed by atoms with van der Waals surface area (Å²) in [6.07, 6.45) is 1.90. The molecule has 2 aromatic carbocycles. The number of hydrogen-bond acceptors (Lipinski definition) is 6. The first kappa shape index (κ1) is 20.0. The summed E-state index contributed by atoms with van der Waals surface area (Å²) in [5, 5.41) is 0. The van der Waals surface area contributed by atoms with Gasteiger partial charge in [0.2, 0.25) is 0 Å². The normalized spacial score (nSPS) is 10.9. The third-order valence-corrected chi connectivity index (χ3v) is 3.67. The molecule has 27 heavy (non-hydrogen) atoms. The van der Waals surface area contributed by atoms with Crippen LogP contribution in [0.3, 0.4) is 0 Å². The Morgan fingerprint density at radius 1 is 0.704 bits per heavy atom. The van der Waals surface area contributed by atoms with Crippen molar-refractivity contribution in [3.05, 3.63) is 53.6 Å². The van der Waals surface area contributed by atoms with Gasteiger partial charge in [0.25, 0.3) is 0 Å². The smallest absolute Gasteiger partial charge is 0.308 e. The van der Waals surface area contributed by atoms with Crippen LogP contribution in [0.1, 0.15) is 31.9 Å². The summed E-state index contributed by atoms with van der Waals surface area (Å²) in [6.45, 7) is 4.49. The maximum Gasteiger partial charge on any atom is 0.308 e. The van der Waals surface area contributed by atoms with Gasteiger partial charge in [0.15, 0.2) is 0 Å². The summed E-state index contributed by atoms with van der Waals surface area (Å²) in [5.41, 5.74) is 2.37. The van der Waals surface area contributed by atoms with Gasteiger partial charge >= 0.3 is 11.9 Å². The first-order chi connectivity index (χ1) is 12.9. The zero-order valence-electron chi connectivity index (χ0n) is 16.0. The summed E-state index contributed by atoms with van der Waals surface area (Å²) < 4.78 is 21.1. The van der Waals surface area contributed by atoms with Crippen molar-refractivity contribution < 1.29 is 28.5 Å². The topological polar surface area (TPSA) is 71.1 Å². The Morgan fingerprint density at radius 2 is 1.07 bits per heavy atom. The molecular formula is C21H22O6. The van der Waals surface area contributed by atoms with E-state index in [0.29, 0.717) is 17.1 Å². The molecule has 0 radical (unpaired) electrons. The van der Waals surface area contributed by atoms with E-state index in [2.05, 4.69) is 0 Å². The number of benzene rings is 2. The Hall–Kier alpha value is -3.28. The lowest BCUT2D eigenvalue weighted by Gasteiger charge is -2.14. The second-order valence-electron chi connectivity index (χ2n) is 5.68. The molecule has 0 unspecified atom stereocenters. The molecule has 2 aromatic rings. The summed E-state index contributed by atoms with van der Waals surface area (Å²) in [5.74, 6) is 0.910. The predicted octanol–water partition coefficient (Wildman–Crippen LogP) is 4.01. The second kappa shape index (κ2) is 8.89.